The molecule has 0 aliphatic carbocycles. The lowest BCUT2D eigenvalue weighted by atomic mass is 10.2. The van der Waals surface area contributed by atoms with Gasteiger partial charge in [-0.05, 0) is 23.8 Å². The second-order valence-electron chi connectivity index (χ2n) is 2.18. The minimum atomic E-state index is -0.812. The smallest absolute Gasteiger partial charge is 0.228 e. The Balaban J connectivity index is 2.97. The Morgan fingerprint density at radius 1 is 1.50 bits per heavy atom. The predicted molar refractivity (Wildman–Crippen MR) is 50.8 cm³/mol. The molecule has 0 aliphatic rings. The van der Waals surface area contributed by atoms with Gasteiger partial charge in [0.15, 0.2) is 0 Å². The van der Waals surface area contributed by atoms with Crippen molar-refractivity contribution in [2.75, 3.05) is 6.86 Å². The van der Waals surface area contributed by atoms with Gasteiger partial charge in [0, 0.05) is 4.47 Å². The standard InChI is InChI=1S/C9H8BrFO/c1-2-7-3-8(10)5-9(4-7)12-6-11/h2-5H,1,6H2. The van der Waals surface area contributed by atoms with E-state index < -0.39 is 6.86 Å². The monoisotopic (exact) mass is 230 g/mol. The van der Waals surface area contributed by atoms with Crippen LogP contribution in [0.5, 0.6) is 5.75 Å². The van der Waals surface area contributed by atoms with Crippen molar-refractivity contribution in [1.29, 1.82) is 0 Å². The average molecular weight is 231 g/mol. The van der Waals surface area contributed by atoms with Crippen molar-refractivity contribution in [3.63, 3.8) is 0 Å². The summed E-state index contributed by atoms with van der Waals surface area (Å²) in [6.45, 7) is 2.79. The molecule has 1 aromatic carbocycles. The average Bonchev–Trinajstić information content (AvgIpc) is 2.04. The molecule has 0 fully saturated rings. The van der Waals surface area contributed by atoms with Gasteiger partial charge < -0.3 is 4.74 Å². The Morgan fingerprint density at radius 3 is 2.83 bits per heavy atom. The van der Waals surface area contributed by atoms with E-state index in [9.17, 15) is 4.39 Å². The third-order valence-electron chi connectivity index (χ3n) is 1.35. The van der Waals surface area contributed by atoms with E-state index in [-0.39, 0.29) is 0 Å². The van der Waals surface area contributed by atoms with Crippen LogP contribution in [-0.4, -0.2) is 6.86 Å². The Kier molecular flexibility index (Phi) is 3.29. The first-order chi connectivity index (χ1) is 5.76. The van der Waals surface area contributed by atoms with Crippen molar-refractivity contribution < 1.29 is 9.13 Å². The fourth-order valence-corrected chi connectivity index (χ4v) is 1.34. The second-order valence-corrected chi connectivity index (χ2v) is 3.09. The maximum Gasteiger partial charge on any atom is 0.228 e. The summed E-state index contributed by atoms with van der Waals surface area (Å²) < 4.78 is 17.3. The number of alkyl halides is 1. The fourth-order valence-electron chi connectivity index (χ4n) is 0.849. The molecule has 1 aromatic rings. The number of hydrogen-bond acceptors (Lipinski definition) is 1. The highest BCUT2D eigenvalue weighted by molar-refractivity contribution is 9.10. The SMILES string of the molecule is C=Cc1cc(Br)cc(OCF)c1. The highest BCUT2D eigenvalue weighted by atomic mass is 79.9. The highest BCUT2D eigenvalue weighted by Gasteiger charge is 1.97. The fraction of sp³-hybridized carbons (Fsp3) is 0.111. The van der Waals surface area contributed by atoms with Crippen molar-refractivity contribution in [3.05, 3.63) is 34.8 Å². The highest BCUT2D eigenvalue weighted by Crippen LogP contribution is 2.22. The van der Waals surface area contributed by atoms with Crippen LogP contribution >= 0.6 is 15.9 Å². The van der Waals surface area contributed by atoms with Crippen molar-refractivity contribution >= 4 is 22.0 Å². The quantitative estimate of drug-likeness (QED) is 0.774. The third-order valence-corrected chi connectivity index (χ3v) is 1.81. The van der Waals surface area contributed by atoms with E-state index in [1.54, 1.807) is 18.2 Å². The molecule has 0 atom stereocenters. The zero-order valence-corrected chi connectivity index (χ0v) is 7.97. The summed E-state index contributed by atoms with van der Waals surface area (Å²) in [7, 11) is 0. The summed E-state index contributed by atoms with van der Waals surface area (Å²) in [5.74, 6) is 0.502. The molecule has 12 heavy (non-hydrogen) atoms. The van der Waals surface area contributed by atoms with Crippen LogP contribution in [0.3, 0.4) is 0 Å². The predicted octanol–water partition coefficient (Wildman–Crippen LogP) is 3.40. The summed E-state index contributed by atoms with van der Waals surface area (Å²) in [6.07, 6.45) is 1.68. The summed E-state index contributed by atoms with van der Waals surface area (Å²) >= 11 is 3.27. The normalized spacial score (nSPS) is 9.50. The summed E-state index contributed by atoms with van der Waals surface area (Å²) in [5.41, 5.74) is 0.896. The van der Waals surface area contributed by atoms with Crippen molar-refractivity contribution in [2.45, 2.75) is 0 Å². The van der Waals surface area contributed by atoms with Crippen LogP contribution in [0.1, 0.15) is 5.56 Å². The van der Waals surface area contributed by atoms with Crippen LogP contribution in [0.15, 0.2) is 29.3 Å². The molecule has 1 nitrogen and oxygen atoms in total. The molecule has 0 aliphatic heterocycles. The molecule has 0 saturated carbocycles. The van der Waals surface area contributed by atoms with Crippen LogP contribution < -0.4 is 4.74 Å². The number of ether oxygens (including phenoxy) is 1. The van der Waals surface area contributed by atoms with Gasteiger partial charge in [-0.2, -0.15) is 0 Å². The molecule has 0 bridgehead atoms. The van der Waals surface area contributed by atoms with Gasteiger partial charge in [0.25, 0.3) is 0 Å². The lowest BCUT2D eigenvalue weighted by Gasteiger charge is -2.02. The lowest BCUT2D eigenvalue weighted by molar-refractivity contribution is 0.191. The second kappa shape index (κ2) is 4.26. The number of hydrogen-bond donors (Lipinski definition) is 0. The Labute approximate surface area is 79.0 Å². The van der Waals surface area contributed by atoms with Gasteiger partial charge in [0.05, 0.1) is 0 Å². The largest absolute Gasteiger partial charge is 0.463 e. The van der Waals surface area contributed by atoms with Crippen molar-refractivity contribution in [2.24, 2.45) is 0 Å². The number of rotatable bonds is 3. The van der Waals surface area contributed by atoms with E-state index in [4.69, 9.17) is 0 Å². The summed E-state index contributed by atoms with van der Waals surface area (Å²) in [5, 5.41) is 0. The molecule has 3 heteroatoms. The van der Waals surface area contributed by atoms with E-state index in [1.165, 1.54) is 0 Å². The van der Waals surface area contributed by atoms with Crippen LogP contribution in [0.4, 0.5) is 4.39 Å². The Hall–Kier alpha value is -0.830. The van der Waals surface area contributed by atoms with E-state index in [0.29, 0.717) is 5.75 Å². The minimum Gasteiger partial charge on any atom is -0.463 e. The first-order valence-electron chi connectivity index (χ1n) is 3.38. The van der Waals surface area contributed by atoms with Gasteiger partial charge in [0.2, 0.25) is 6.86 Å². The molecule has 64 valence electrons. The maximum absolute atomic E-state index is 11.8. The Morgan fingerprint density at radius 2 is 2.25 bits per heavy atom. The molecular formula is C9H8BrFO. The van der Waals surface area contributed by atoms with Gasteiger partial charge in [-0.1, -0.05) is 28.6 Å². The van der Waals surface area contributed by atoms with Crippen LogP contribution in [0.25, 0.3) is 6.08 Å². The molecule has 0 spiro atoms. The van der Waals surface area contributed by atoms with Crippen LogP contribution in [-0.2, 0) is 0 Å². The minimum absolute atomic E-state index is 0.502. The van der Waals surface area contributed by atoms with Gasteiger partial charge in [-0.25, -0.2) is 4.39 Å². The molecule has 0 radical (unpaired) electrons. The van der Waals surface area contributed by atoms with Crippen molar-refractivity contribution in [3.8, 4) is 5.75 Å². The number of benzene rings is 1. The maximum atomic E-state index is 11.8. The van der Waals surface area contributed by atoms with Gasteiger partial charge in [-0.15, -0.1) is 0 Å². The van der Waals surface area contributed by atoms with E-state index in [2.05, 4.69) is 27.2 Å². The first-order valence-corrected chi connectivity index (χ1v) is 4.17. The lowest BCUT2D eigenvalue weighted by Crippen LogP contribution is -1.90. The van der Waals surface area contributed by atoms with Gasteiger partial charge in [0.1, 0.15) is 5.75 Å². The summed E-state index contributed by atoms with van der Waals surface area (Å²) in [6, 6.07) is 5.29. The number of halogens is 2. The van der Waals surface area contributed by atoms with Gasteiger partial charge in [-0.3, -0.25) is 0 Å². The van der Waals surface area contributed by atoms with Crippen LogP contribution in [0, 0.1) is 0 Å². The molecule has 0 heterocycles. The van der Waals surface area contributed by atoms with E-state index >= 15 is 0 Å². The van der Waals surface area contributed by atoms with Crippen LogP contribution in [0.2, 0.25) is 0 Å². The van der Waals surface area contributed by atoms with E-state index in [0.717, 1.165) is 10.0 Å². The topological polar surface area (TPSA) is 9.23 Å². The van der Waals surface area contributed by atoms with Gasteiger partial charge >= 0.3 is 0 Å². The molecule has 0 saturated heterocycles. The van der Waals surface area contributed by atoms with E-state index in [1.807, 2.05) is 6.07 Å². The Bertz CT molecular complexity index is 286. The van der Waals surface area contributed by atoms with Crippen molar-refractivity contribution in [1.82, 2.24) is 0 Å². The third kappa shape index (κ3) is 2.34. The first kappa shape index (κ1) is 9.26. The molecule has 0 amide bonds. The molecule has 0 N–H and O–H groups in total. The molecule has 0 unspecified atom stereocenters. The zero-order valence-electron chi connectivity index (χ0n) is 6.39. The molecular weight excluding hydrogens is 223 g/mol. The zero-order chi connectivity index (χ0) is 8.97. The molecule has 0 aromatic heterocycles. The molecule has 1 rings (SSSR count). The summed E-state index contributed by atoms with van der Waals surface area (Å²) in [4.78, 5) is 0.